The largest absolute Gasteiger partial charge is 0.369 e. The summed E-state index contributed by atoms with van der Waals surface area (Å²) in [5, 5.41) is 3.05. The van der Waals surface area contributed by atoms with Crippen LogP contribution in [0.1, 0.15) is 0 Å². The predicted octanol–water partition coefficient (Wildman–Crippen LogP) is -1.38. The molecule has 1 saturated heterocycles. The van der Waals surface area contributed by atoms with E-state index in [1.807, 2.05) is 7.05 Å². The molecule has 0 spiro atoms. The number of carbonyl (C=O) groups excluding carboxylic acids is 1. The molecule has 3 N–H and O–H groups in total. The highest BCUT2D eigenvalue weighted by Crippen LogP contribution is 2.13. The van der Waals surface area contributed by atoms with Gasteiger partial charge in [0.15, 0.2) is 0 Å². The highest BCUT2D eigenvalue weighted by Gasteiger charge is 2.29. The van der Waals surface area contributed by atoms with Gasteiger partial charge in [-0.3, -0.25) is 4.79 Å². The van der Waals surface area contributed by atoms with Crippen LogP contribution in [0, 0.1) is 5.92 Å². The number of hydrogen-bond donors (Lipinski definition) is 2. The Morgan fingerprint density at radius 1 is 1.73 bits per heavy atom. The zero-order valence-corrected chi connectivity index (χ0v) is 6.84. The molecule has 0 aromatic carbocycles. The van der Waals surface area contributed by atoms with E-state index in [0.717, 1.165) is 26.2 Å². The van der Waals surface area contributed by atoms with Crippen molar-refractivity contribution >= 4 is 5.91 Å². The zero-order valence-electron chi connectivity index (χ0n) is 6.84. The number of nitrogens with two attached hydrogens (primary N) is 1. The normalized spacial score (nSPS) is 19.7. The van der Waals surface area contributed by atoms with E-state index in [2.05, 4.69) is 10.2 Å². The molecule has 1 aliphatic heterocycles. The Balaban J connectivity index is 2.05. The summed E-state index contributed by atoms with van der Waals surface area (Å²) in [6, 6.07) is 0. The molecule has 0 aromatic heterocycles. The lowest BCUT2D eigenvalue weighted by Gasteiger charge is -2.37. The number of amides is 1. The first-order chi connectivity index (χ1) is 5.24. The lowest BCUT2D eigenvalue weighted by molar-refractivity contribution is -0.126. The van der Waals surface area contributed by atoms with Crippen LogP contribution in [0.3, 0.4) is 0 Å². The average molecular weight is 157 g/mol. The van der Waals surface area contributed by atoms with Crippen molar-refractivity contribution in [3.8, 4) is 0 Å². The molecular weight excluding hydrogens is 142 g/mol. The van der Waals surface area contributed by atoms with Crippen LogP contribution in [0.5, 0.6) is 0 Å². The zero-order chi connectivity index (χ0) is 8.27. The topological polar surface area (TPSA) is 58.4 Å². The number of carbonyl (C=O) groups is 1. The Labute approximate surface area is 66.7 Å². The van der Waals surface area contributed by atoms with Crippen molar-refractivity contribution in [2.24, 2.45) is 11.7 Å². The fourth-order valence-electron chi connectivity index (χ4n) is 1.20. The summed E-state index contributed by atoms with van der Waals surface area (Å²) in [4.78, 5) is 12.8. The van der Waals surface area contributed by atoms with Crippen molar-refractivity contribution in [1.82, 2.24) is 10.2 Å². The van der Waals surface area contributed by atoms with E-state index < -0.39 is 0 Å². The molecule has 1 aliphatic rings. The molecule has 0 radical (unpaired) electrons. The molecule has 0 saturated carbocycles. The fourth-order valence-corrected chi connectivity index (χ4v) is 1.20. The van der Waals surface area contributed by atoms with Gasteiger partial charge in [-0.25, -0.2) is 0 Å². The third kappa shape index (κ3) is 2.17. The minimum Gasteiger partial charge on any atom is -0.369 e. The number of hydrogen-bond acceptors (Lipinski definition) is 3. The summed E-state index contributed by atoms with van der Waals surface area (Å²) >= 11 is 0. The van der Waals surface area contributed by atoms with Crippen molar-refractivity contribution in [3.63, 3.8) is 0 Å². The first kappa shape index (κ1) is 8.49. The molecule has 0 aliphatic carbocycles. The molecule has 1 rings (SSSR count). The Morgan fingerprint density at radius 2 is 2.36 bits per heavy atom. The molecule has 0 unspecified atom stereocenters. The molecule has 4 nitrogen and oxygen atoms in total. The lowest BCUT2D eigenvalue weighted by atomic mass is 10.00. The molecular formula is C7H15N3O. The van der Waals surface area contributed by atoms with Crippen molar-refractivity contribution in [3.05, 3.63) is 0 Å². The fraction of sp³-hybridized carbons (Fsp3) is 0.857. The van der Waals surface area contributed by atoms with Gasteiger partial charge in [-0.05, 0) is 7.05 Å². The maximum absolute atomic E-state index is 10.6. The Kier molecular flexibility index (Phi) is 2.84. The van der Waals surface area contributed by atoms with E-state index in [1.54, 1.807) is 0 Å². The van der Waals surface area contributed by atoms with Gasteiger partial charge < -0.3 is 16.0 Å². The van der Waals surface area contributed by atoms with E-state index in [-0.39, 0.29) is 11.8 Å². The van der Waals surface area contributed by atoms with Crippen molar-refractivity contribution in [2.45, 2.75) is 0 Å². The van der Waals surface area contributed by atoms with E-state index >= 15 is 0 Å². The standard InChI is InChI=1S/C7H15N3O/c1-9-2-3-10-4-6(5-10)7(8)11/h6,9H,2-5H2,1H3,(H2,8,11). The van der Waals surface area contributed by atoms with Crippen LogP contribution >= 0.6 is 0 Å². The van der Waals surface area contributed by atoms with E-state index in [9.17, 15) is 4.79 Å². The predicted molar refractivity (Wildman–Crippen MR) is 43.1 cm³/mol. The SMILES string of the molecule is CNCCN1CC(C(N)=O)C1. The van der Waals surface area contributed by atoms with Gasteiger partial charge in [0.25, 0.3) is 0 Å². The summed E-state index contributed by atoms with van der Waals surface area (Å²) in [7, 11) is 1.92. The number of rotatable bonds is 4. The number of nitrogens with zero attached hydrogens (tertiary/aromatic N) is 1. The smallest absolute Gasteiger partial charge is 0.223 e. The molecule has 64 valence electrons. The van der Waals surface area contributed by atoms with E-state index in [0.29, 0.717) is 0 Å². The molecule has 11 heavy (non-hydrogen) atoms. The first-order valence-electron chi connectivity index (χ1n) is 3.90. The van der Waals surface area contributed by atoms with Crippen LogP contribution in [-0.2, 0) is 4.79 Å². The first-order valence-corrected chi connectivity index (χ1v) is 3.90. The maximum Gasteiger partial charge on any atom is 0.223 e. The van der Waals surface area contributed by atoms with Gasteiger partial charge in [0, 0.05) is 26.2 Å². The van der Waals surface area contributed by atoms with Gasteiger partial charge in [0.1, 0.15) is 0 Å². The Morgan fingerprint density at radius 3 is 2.82 bits per heavy atom. The molecule has 1 heterocycles. The Hall–Kier alpha value is -0.610. The summed E-state index contributed by atoms with van der Waals surface area (Å²) < 4.78 is 0. The van der Waals surface area contributed by atoms with Crippen molar-refractivity contribution in [2.75, 3.05) is 33.2 Å². The van der Waals surface area contributed by atoms with Gasteiger partial charge in [0.05, 0.1) is 5.92 Å². The quantitative estimate of drug-likeness (QED) is 0.529. The lowest BCUT2D eigenvalue weighted by Crippen LogP contribution is -2.53. The van der Waals surface area contributed by atoms with Crippen LogP contribution in [0.4, 0.5) is 0 Å². The maximum atomic E-state index is 10.6. The third-order valence-electron chi connectivity index (χ3n) is 2.04. The van der Waals surface area contributed by atoms with Gasteiger partial charge in [-0.2, -0.15) is 0 Å². The summed E-state index contributed by atoms with van der Waals surface area (Å²) in [5.74, 6) is -0.0578. The van der Waals surface area contributed by atoms with Gasteiger partial charge in [-0.1, -0.05) is 0 Å². The van der Waals surface area contributed by atoms with Crippen LogP contribution in [-0.4, -0.2) is 44.0 Å². The second-order valence-electron chi connectivity index (χ2n) is 2.96. The third-order valence-corrected chi connectivity index (χ3v) is 2.04. The molecule has 4 heteroatoms. The van der Waals surface area contributed by atoms with E-state index in [1.165, 1.54) is 0 Å². The van der Waals surface area contributed by atoms with Crippen LogP contribution in [0.25, 0.3) is 0 Å². The van der Waals surface area contributed by atoms with Crippen LogP contribution < -0.4 is 11.1 Å². The van der Waals surface area contributed by atoms with Crippen LogP contribution in [0.15, 0.2) is 0 Å². The number of nitrogens with one attached hydrogen (secondary N) is 1. The van der Waals surface area contributed by atoms with Crippen LogP contribution in [0.2, 0.25) is 0 Å². The van der Waals surface area contributed by atoms with Gasteiger partial charge in [-0.15, -0.1) is 0 Å². The summed E-state index contributed by atoms with van der Waals surface area (Å²) in [5.41, 5.74) is 5.11. The molecule has 1 fully saturated rings. The minimum atomic E-state index is -0.161. The number of primary amides is 1. The molecule has 0 atom stereocenters. The number of likely N-dealkylation sites (N-methyl/N-ethyl adjacent to an activating group) is 1. The van der Waals surface area contributed by atoms with Crippen molar-refractivity contribution < 1.29 is 4.79 Å². The molecule has 0 bridgehead atoms. The average Bonchev–Trinajstić information content (AvgIpc) is 1.84. The minimum absolute atomic E-state index is 0.104. The van der Waals surface area contributed by atoms with Crippen molar-refractivity contribution in [1.29, 1.82) is 0 Å². The Bertz CT molecular complexity index is 143. The second-order valence-corrected chi connectivity index (χ2v) is 2.96. The summed E-state index contributed by atoms with van der Waals surface area (Å²) in [6.07, 6.45) is 0. The van der Waals surface area contributed by atoms with Gasteiger partial charge >= 0.3 is 0 Å². The highest BCUT2D eigenvalue weighted by molar-refractivity contribution is 5.78. The number of likely N-dealkylation sites (tertiary alicyclic amines) is 1. The highest BCUT2D eigenvalue weighted by atomic mass is 16.1. The second kappa shape index (κ2) is 3.69. The monoisotopic (exact) mass is 157 g/mol. The van der Waals surface area contributed by atoms with E-state index in [4.69, 9.17) is 5.73 Å². The van der Waals surface area contributed by atoms with Gasteiger partial charge in [0.2, 0.25) is 5.91 Å². The molecule has 0 aromatic rings. The molecule has 1 amide bonds. The summed E-state index contributed by atoms with van der Waals surface area (Å²) in [6.45, 7) is 3.68.